The minimum Gasteiger partial charge on any atom is -0.480 e. The van der Waals surface area contributed by atoms with Crippen LogP contribution in [0.5, 0.6) is 0 Å². The van der Waals surface area contributed by atoms with Crippen molar-refractivity contribution in [2.75, 3.05) is 0 Å². The first-order chi connectivity index (χ1) is 7.96. The molecule has 0 aliphatic rings. The van der Waals surface area contributed by atoms with E-state index in [4.69, 9.17) is 4.42 Å². The molecule has 0 aromatic carbocycles. The molecule has 0 aliphatic carbocycles. The van der Waals surface area contributed by atoms with Gasteiger partial charge in [-0.1, -0.05) is 13.8 Å². The van der Waals surface area contributed by atoms with Crippen molar-refractivity contribution in [3.63, 3.8) is 0 Å². The van der Waals surface area contributed by atoms with E-state index in [1.54, 1.807) is 26.8 Å². The van der Waals surface area contributed by atoms with Crippen LogP contribution in [0.2, 0.25) is 0 Å². The van der Waals surface area contributed by atoms with Gasteiger partial charge in [0.25, 0.3) is 5.91 Å². The van der Waals surface area contributed by atoms with E-state index in [2.05, 4.69) is 5.32 Å². The second-order valence-electron chi connectivity index (χ2n) is 3.98. The number of aryl methyl sites for hydroxylation is 1. The molecule has 0 fully saturated rings. The molecule has 0 saturated heterocycles. The molecule has 1 amide bonds. The molecule has 17 heavy (non-hydrogen) atoms. The van der Waals surface area contributed by atoms with Crippen LogP contribution < -0.4 is 5.32 Å². The van der Waals surface area contributed by atoms with Gasteiger partial charge in [-0.05, 0) is 25.8 Å². The Hall–Kier alpha value is -1.78. The number of carboxylic acid groups (broad SMARTS) is 1. The second kappa shape index (κ2) is 5.03. The molecule has 0 aliphatic heterocycles. The van der Waals surface area contributed by atoms with Crippen molar-refractivity contribution in [1.29, 1.82) is 0 Å². The zero-order valence-corrected chi connectivity index (χ0v) is 10.2. The summed E-state index contributed by atoms with van der Waals surface area (Å²) in [6.45, 7) is 5.19. The predicted octanol–water partition coefficient (Wildman–Crippen LogP) is 1.96. The van der Waals surface area contributed by atoms with Gasteiger partial charge in [-0.2, -0.15) is 0 Å². The Labute approximate surface area is 99.8 Å². The lowest BCUT2D eigenvalue weighted by molar-refractivity contribution is -0.144. The van der Waals surface area contributed by atoms with Gasteiger partial charge in [0.05, 0.1) is 6.26 Å². The molecule has 94 valence electrons. The average Bonchev–Trinajstić information content (AvgIpc) is 2.72. The Morgan fingerprint density at radius 2 is 2.00 bits per heavy atom. The summed E-state index contributed by atoms with van der Waals surface area (Å²) in [5.41, 5.74) is -0.537. The molecular weight excluding hydrogens is 222 g/mol. The van der Waals surface area contributed by atoms with E-state index in [0.717, 1.165) is 0 Å². The van der Waals surface area contributed by atoms with E-state index >= 15 is 0 Å². The van der Waals surface area contributed by atoms with Crippen LogP contribution in [0, 0.1) is 6.92 Å². The van der Waals surface area contributed by atoms with Gasteiger partial charge in [0.2, 0.25) is 0 Å². The first-order valence-electron chi connectivity index (χ1n) is 5.57. The van der Waals surface area contributed by atoms with Gasteiger partial charge in [-0.15, -0.1) is 0 Å². The third-order valence-corrected chi connectivity index (χ3v) is 3.04. The van der Waals surface area contributed by atoms with Crippen LogP contribution in [0.1, 0.15) is 42.8 Å². The number of furan rings is 1. The maximum Gasteiger partial charge on any atom is 0.329 e. The standard InChI is InChI=1S/C12H17NO4/c1-4-12(5-2,11(15)16)13-10(14)9-8(3)6-7-17-9/h6-7H,4-5H2,1-3H3,(H,13,14)(H,15,16). The van der Waals surface area contributed by atoms with Gasteiger partial charge < -0.3 is 14.8 Å². The van der Waals surface area contributed by atoms with Crippen molar-refractivity contribution in [3.8, 4) is 0 Å². The summed E-state index contributed by atoms with van der Waals surface area (Å²) in [6, 6.07) is 1.66. The summed E-state index contributed by atoms with van der Waals surface area (Å²) in [7, 11) is 0. The molecule has 1 aromatic heterocycles. The Bertz CT molecular complexity index is 418. The molecule has 1 rings (SSSR count). The minimum atomic E-state index is -1.23. The highest BCUT2D eigenvalue weighted by atomic mass is 16.4. The Balaban J connectivity index is 2.93. The lowest BCUT2D eigenvalue weighted by atomic mass is 9.92. The lowest BCUT2D eigenvalue weighted by Crippen LogP contribution is -2.53. The zero-order valence-electron chi connectivity index (χ0n) is 10.2. The van der Waals surface area contributed by atoms with Gasteiger partial charge in [0.15, 0.2) is 5.76 Å². The molecule has 1 aromatic rings. The van der Waals surface area contributed by atoms with Crippen LogP contribution in [-0.4, -0.2) is 22.5 Å². The predicted molar refractivity (Wildman–Crippen MR) is 61.9 cm³/mol. The molecule has 1 heterocycles. The third kappa shape index (κ3) is 2.49. The minimum absolute atomic E-state index is 0.164. The molecule has 5 heteroatoms. The lowest BCUT2D eigenvalue weighted by Gasteiger charge is -2.27. The van der Waals surface area contributed by atoms with E-state index in [9.17, 15) is 14.7 Å². The number of hydrogen-bond donors (Lipinski definition) is 2. The number of amides is 1. The number of rotatable bonds is 5. The molecule has 5 nitrogen and oxygen atoms in total. The fourth-order valence-corrected chi connectivity index (χ4v) is 1.66. The number of carbonyl (C=O) groups is 2. The van der Waals surface area contributed by atoms with E-state index in [1.165, 1.54) is 6.26 Å². The molecule has 0 unspecified atom stereocenters. The molecular formula is C12H17NO4. The van der Waals surface area contributed by atoms with Gasteiger partial charge in [-0.3, -0.25) is 4.79 Å². The van der Waals surface area contributed by atoms with Crippen LogP contribution in [0.15, 0.2) is 16.7 Å². The van der Waals surface area contributed by atoms with Crippen molar-refractivity contribution in [2.45, 2.75) is 39.2 Å². The van der Waals surface area contributed by atoms with Crippen molar-refractivity contribution in [2.24, 2.45) is 0 Å². The van der Waals surface area contributed by atoms with Crippen LogP contribution in [-0.2, 0) is 4.79 Å². The zero-order chi connectivity index (χ0) is 13.1. The Morgan fingerprint density at radius 3 is 2.35 bits per heavy atom. The largest absolute Gasteiger partial charge is 0.480 e. The van der Waals surface area contributed by atoms with Crippen molar-refractivity contribution in [3.05, 3.63) is 23.7 Å². The highest BCUT2D eigenvalue weighted by molar-refractivity contribution is 5.96. The summed E-state index contributed by atoms with van der Waals surface area (Å²) in [4.78, 5) is 23.1. The van der Waals surface area contributed by atoms with Crippen molar-refractivity contribution >= 4 is 11.9 Å². The molecule has 0 spiro atoms. The number of hydrogen-bond acceptors (Lipinski definition) is 3. The van der Waals surface area contributed by atoms with Crippen molar-refractivity contribution in [1.82, 2.24) is 5.32 Å². The molecule has 0 atom stereocenters. The molecule has 0 radical (unpaired) electrons. The van der Waals surface area contributed by atoms with E-state index in [1.807, 2.05) is 0 Å². The van der Waals surface area contributed by atoms with Crippen LogP contribution >= 0.6 is 0 Å². The maximum atomic E-state index is 11.9. The van der Waals surface area contributed by atoms with Gasteiger partial charge in [-0.25, -0.2) is 4.79 Å². The second-order valence-corrected chi connectivity index (χ2v) is 3.98. The summed E-state index contributed by atoms with van der Waals surface area (Å²) in [5.74, 6) is -1.35. The smallest absolute Gasteiger partial charge is 0.329 e. The average molecular weight is 239 g/mol. The SMILES string of the molecule is CCC(CC)(NC(=O)c1occc1C)C(=O)O. The van der Waals surface area contributed by atoms with Gasteiger partial charge >= 0.3 is 5.97 Å². The first-order valence-corrected chi connectivity index (χ1v) is 5.57. The summed E-state index contributed by atoms with van der Waals surface area (Å²) in [5, 5.41) is 11.7. The topological polar surface area (TPSA) is 79.5 Å². The monoisotopic (exact) mass is 239 g/mol. The Morgan fingerprint density at radius 1 is 1.41 bits per heavy atom. The van der Waals surface area contributed by atoms with Gasteiger partial charge in [0, 0.05) is 5.56 Å². The Kier molecular flexibility index (Phi) is 3.93. The first kappa shape index (κ1) is 13.3. The number of carboxylic acids is 1. The molecule has 0 bridgehead atoms. The summed E-state index contributed by atoms with van der Waals surface area (Å²) >= 11 is 0. The quantitative estimate of drug-likeness (QED) is 0.823. The number of nitrogens with one attached hydrogen (secondary N) is 1. The molecule has 2 N–H and O–H groups in total. The normalized spacial score (nSPS) is 11.2. The van der Waals surface area contributed by atoms with E-state index in [-0.39, 0.29) is 5.76 Å². The van der Waals surface area contributed by atoms with Gasteiger partial charge in [0.1, 0.15) is 5.54 Å². The van der Waals surface area contributed by atoms with Crippen LogP contribution in [0.4, 0.5) is 0 Å². The number of carbonyl (C=O) groups excluding carboxylic acids is 1. The number of aliphatic carboxylic acids is 1. The van der Waals surface area contributed by atoms with Crippen LogP contribution in [0.25, 0.3) is 0 Å². The fourth-order valence-electron chi connectivity index (χ4n) is 1.66. The molecule has 0 saturated carbocycles. The van der Waals surface area contributed by atoms with Crippen LogP contribution in [0.3, 0.4) is 0 Å². The van der Waals surface area contributed by atoms with E-state index < -0.39 is 17.4 Å². The highest BCUT2D eigenvalue weighted by Crippen LogP contribution is 2.18. The highest BCUT2D eigenvalue weighted by Gasteiger charge is 2.37. The van der Waals surface area contributed by atoms with E-state index in [0.29, 0.717) is 18.4 Å². The van der Waals surface area contributed by atoms with Crippen molar-refractivity contribution < 1.29 is 19.1 Å². The summed E-state index contributed by atoms with van der Waals surface area (Å²) < 4.78 is 5.04. The maximum absolute atomic E-state index is 11.9. The summed E-state index contributed by atoms with van der Waals surface area (Å²) in [6.07, 6.45) is 2.05. The fraction of sp³-hybridized carbons (Fsp3) is 0.500. The third-order valence-electron chi connectivity index (χ3n) is 3.04.